The molecule has 1 radical (unpaired) electrons. The van der Waals surface area contributed by atoms with Gasteiger partial charge < -0.3 is 4.18 Å². The highest BCUT2D eigenvalue weighted by Crippen LogP contribution is 2.13. The molecular formula is C8H7O2S. The molecule has 0 aliphatic carbocycles. The minimum atomic E-state index is 0.245. The molecule has 3 heteroatoms. The maximum atomic E-state index is 9.77. The number of hydrogen-bond acceptors (Lipinski definition) is 3. The highest BCUT2D eigenvalue weighted by Gasteiger charge is 1.90. The van der Waals surface area contributed by atoms with Crippen molar-refractivity contribution in [2.24, 2.45) is 0 Å². The second-order valence-corrected chi connectivity index (χ2v) is 2.49. The number of para-hydroxylation sites is 1. The van der Waals surface area contributed by atoms with Gasteiger partial charge in [0.15, 0.2) is 0 Å². The van der Waals surface area contributed by atoms with Gasteiger partial charge in [0.1, 0.15) is 5.75 Å². The lowest BCUT2D eigenvalue weighted by molar-refractivity contribution is 0.559. The number of hydrogen-bond donors (Lipinski definition) is 0. The van der Waals surface area contributed by atoms with Crippen LogP contribution in [0.15, 0.2) is 30.3 Å². The third-order valence-corrected chi connectivity index (χ3v) is 1.56. The summed E-state index contributed by atoms with van der Waals surface area (Å²) >= 11 is 1.08. The summed E-state index contributed by atoms with van der Waals surface area (Å²) in [4.78, 5) is 9.77. The first-order valence-electron chi connectivity index (χ1n) is 3.13. The van der Waals surface area contributed by atoms with Crippen molar-refractivity contribution in [3.63, 3.8) is 0 Å². The van der Waals surface area contributed by atoms with E-state index in [1.54, 1.807) is 6.29 Å². The molecule has 0 heterocycles. The van der Waals surface area contributed by atoms with Gasteiger partial charge in [-0.3, -0.25) is 4.79 Å². The Morgan fingerprint density at radius 3 is 2.73 bits per heavy atom. The highest BCUT2D eigenvalue weighted by atomic mass is 32.2. The van der Waals surface area contributed by atoms with E-state index in [0.717, 1.165) is 17.8 Å². The van der Waals surface area contributed by atoms with Crippen LogP contribution in [-0.4, -0.2) is 12.0 Å². The van der Waals surface area contributed by atoms with E-state index in [-0.39, 0.29) is 5.75 Å². The largest absolute Gasteiger partial charge is 0.425 e. The van der Waals surface area contributed by atoms with E-state index in [0.29, 0.717) is 0 Å². The van der Waals surface area contributed by atoms with Crippen LogP contribution in [0, 0.1) is 0 Å². The van der Waals surface area contributed by atoms with Gasteiger partial charge in [0, 0.05) is 0 Å². The average Bonchev–Trinajstić information content (AvgIpc) is 2.07. The summed E-state index contributed by atoms with van der Waals surface area (Å²) in [6, 6.07) is 9.32. The Bertz CT molecular complexity index is 211. The monoisotopic (exact) mass is 167 g/mol. The summed E-state index contributed by atoms with van der Waals surface area (Å²) in [6.07, 6.45) is 1.73. The lowest BCUT2D eigenvalue weighted by Crippen LogP contribution is -1.84. The molecule has 0 aliphatic rings. The SMILES string of the molecule is O=[C]CSOc1ccccc1. The van der Waals surface area contributed by atoms with Crippen molar-refractivity contribution in [2.75, 3.05) is 5.75 Å². The van der Waals surface area contributed by atoms with Crippen molar-refractivity contribution >= 4 is 18.3 Å². The second-order valence-electron chi connectivity index (χ2n) is 1.80. The molecule has 0 unspecified atom stereocenters. The fourth-order valence-electron chi connectivity index (χ4n) is 0.598. The van der Waals surface area contributed by atoms with E-state index in [2.05, 4.69) is 0 Å². The molecule has 0 aliphatic heterocycles. The first-order valence-corrected chi connectivity index (χ1v) is 4.04. The smallest absolute Gasteiger partial charge is 0.212 e. The summed E-state index contributed by atoms with van der Waals surface area (Å²) in [5.74, 6) is 1.00. The Hall–Kier alpha value is -0.960. The molecule has 0 amide bonds. The lowest BCUT2D eigenvalue weighted by Gasteiger charge is -1.98. The third kappa shape index (κ3) is 3.09. The van der Waals surface area contributed by atoms with Crippen LogP contribution in [-0.2, 0) is 4.79 Å². The van der Waals surface area contributed by atoms with Gasteiger partial charge in [-0.15, -0.1) is 0 Å². The number of carbonyl (C=O) groups excluding carboxylic acids is 1. The normalized spacial score (nSPS) is 9.09. The maximum Gasteiger partial charge on any atom is 0.212 e. The molecule has 0 atom stereocenters. The molecule has 0 aromatic heterocycles. The van der Waals surface area contributed by atoms with Crippen LogP contribution in [0.2, 0.25) is 0 Å². The van der Waals surface area contributed by atoms with E-state index in [9.17, 15) is 4.79 Å². The van der Waals surface area contributed by atoms with E-state index in [1.165, 1.54) is 0 Å². The Morgan fingerprint density at radius 1 is 1.36 bits per heavy atom. The van der Waals surface area contributed by atoms with Gasteiger partial charge in [-0.2, -0.15) is 0 Å². The van der Waals surface area contributed by atoms with Gasteiger partial charge in [0.05, 0.1) is 17.8 Å². The van der Waals surface area contributed by atoms with E-state index >= 15 is 0 Å². The van der Waals surface area contributed by atoms with Crippen molar-refractivity contribution in [3.8, 4) is 5.75 Å². The molecule has 0 bridgehead atoms. The molecule has 0 saturated heterocycles. The lowest BCUT2D eigenvalue weighted by atomic mass is 10.3. The predicted octanol–water partition coefficient (Wildman–Crippen LogP) is 1.82. The van der Waals surface area contributed by atoms with Gasteiger partial charge >= 0.3 is 0 Å². The molecule has 1 aromatic carbocycles. The van der Waals surface area contributed by atoms with E-state index in [4.69, 9.17) is 4.18 Å². The standard InChI is InChI=1S/C8H7O2S/c9-6-7-11-10-8-4-2-1-3-5-8/h1-5H,7H2. The van der Waals surface area contributed by atoms with E-state index < -0.39 is 0 Å². The molecular weight excluding hydrogens is 160 g/mol. The Kier molecular flexibility index (Phi) is 3.55. The fourth-order valence-corrected chi connectivity index (χ4v) is 0.952. The van der Waals surface area contributed by atoms with Crippen LogP contribution < -0.4 is 4.18 Å². The maximum absolute atomic E-state index is 9.77. The highest BCUT2D eigenvalue weighted by molar-refractivity contribution is 7.95. The van der Waals surface area contributed by atoms with Gasteiger partial charge in [0.2, 0.25) is 6.29 Å². The van der Waals surface area contributed by atoms with Crippen LogP contribution in [0.5, 0.6) is 5.75 Å². The zero-order chi connectivity index (χ0) is 7.94. The summed E-state index contributed by atoms with van der Waals surface area (Å²) in [5, 5.41) is 0. The average molecular weight is 167 g/mol. The molecule has 0 fully saturated rings. The zero-order valence-corrected chi connectivity index (χ0v) is 6.64. The molecule has 0 N–H and O–H groups in total. The van der Waals surface area contributed by atoms with Gasteiger partial charge in [-0.1, -0.05) is 18.2 Å². The van der Waals surface area contributed by atoms with Gasteiger partial charge in [-0.25, -0.2) is 0 Å². The summed E-state index contributed by atoms with van der Waals surface area (Å²) in [5.41, 5.74) is 0. The van der Waals surface area contributed by atoms with Crippen molar-refractivity contribution in [3.05, 3.63) is 30.3 Å². The molecule has 57 valence electrons. The third-order valence-electron chi connectivity index (χ3n) is 1.02. The first kappa shape index (κ1) is 8.14. The van der Waals surface area contributed by atoms with Crippen LogP contribution in [0.3, 0.4) is 0 Å². The quantitative estimate of drug-likeness (QED) is 0.505. The van der Waals surface area contributed by atoms with Crippen LogP contribution in [0.25, 0.3) is 0 Å². The van der Waals surface area contributed by atoms with Crippen molar-refractivity contribution in [1.29, 1.82) is 0 Å². The topological polar surface area (TPSA) is 26.3 Å². The van der Waals surface area contributed by atoms with Gasteiger partial charge in [-0.05, 0) is 12.1 Å². The fraction of sp³-hybridized carbons (Fsp3) is 0.125. The van der Waals surface area contributed by atoms with Crippen LogP contribution in [0.4, 0.5) is 0 Å². The Balaban J connectivity index is 2.33. The second kappa shape index (κ2) is 4.79. The van der Waals surface area contributed by atoms with Crippen molar-refractivity contribution < 1.29 is 8.98 Å². The predicted molar refractivity (Wildman–Crippen MR) is 45.2 cm³/mol. The molecule has 1 rings (SSSR count). The van der Waals surface area contributed by atoms with Crippen molar-refractivity contribution in [1.82, 2.24) is 0 Å². The molecule has 1 aromatic rings. The summed E-state index contributed by atoms with van der Waals surface area (Å²) in [6.45, 7) is 0. The zero-order valence-electron chi connectivity index (χ0n) is 5.82. The molecule has 2 nitrogen and oxygen atoms in total. The first-order chi connectivity index (χ1) is 5.43. The number of benzene rings is 1. The van der Waals surface area contributed by atoms with E-state index in [1.807, 2.05) is 30.3 Å². The van der Waals surface area contributed by atoms with Crippen molar-refractivity contribution in [2.45, 2.75) is 0 Å². The van der Waals surface area contributed by atoms with Crippen LogP contribution >= 0.6 is 12.0 Å². The molecule has 0 spiro atoms. The Morgan fingerprint density at radius 2 is 2.09 bits per heavy atom. The minimum Gasteiger partial charge on any atom is -0.425 e. The Labute approximate surface area is 69.8 Å². The molecule has 0 saturated carbocycles. The molecule has 11 heavy (non-hydrogen) atoms. The van der Waals surface area contributed by atoms with Crippen LogP contribution in [0.1, 0.15) is 0 Å². The van der Waals surface area contributed by atoms with Gasteiger partial charge in [0.25, 0.3) is 0 Å². The minimum absolute atomic E-state index is 0.245. The number of rotatable bonds is 4. The summed E-state index contributed by atoms with van der Waals surface area (Å²) in [7, 11) is 0. The summed E-state index contributed by atoms with van der Waals surface area (Å²) < 4.78 is 5.10.